The van der Waals surface area contributed by atoms with E-state index in [0.717, 1.165) is 0 Å². The summed E-state index contributed by atoms with van der Waals surface area (Å²) in [6.07, 6.45) is -2.09. The average molecular weight is 356 g/mol. The molecular weight excluding hydrogens is 345 g/mol. The van der Waals surface area contributed by atoms with Gasteiger partial charge in [0.25, 0.3) is 11.8 Å². The smallest absolute Gasteiger partial charge is 0.337 e. The van der Waals surface area contributed by atoms with Gasteiger partial charge in [0.15, 0.2) is 0 Å². The van der Waals surface area contributed by atoms with Crippen molar-refractivity contribution in [2.24, 2.45) is 11.5 Å². The molecule has 116 valence electrons. The van der Waals surface area contributed by atoms with Gasteiger partial charge in [0, 0.05) is 6.54 Å². The number of nitrogens with two attached hydrogens (primary N) is 2. The van der Waals surface area contributed by atoms with Crippen molar-refractivity contribution < 1.29 is 22.2 Å². The number of amides is 2. The minimum absolute atomic E-state index is 0.205. The van der Waals surface area contributed by atoms with Gasteiger partial charge in [-0.1, -0.05) is 29.3 Å². The van der Waals surface area contributed by atoms with Gasteiger partial charge in [-0.15, -0.1) is 0 Å². The Hall–Kier alpha value is -1.39. The van der Waals surface area contributed by atoms with Gasteiger partial charge in [-0.3, -0.25) is 9.59 Å². The molecule has 0 saturated heterocycles. The molecule has 0 aliphatic rings. The van der Waals surface area contributed by atoms with Gasteiger partial charge in [-0.25, -0.2) is 4.18 Å². The maximum atomic E-state index is 11.6. The highest BCUT2D eigenvalue weighted by molar-refractivity contribution is 7.84. The Morgan fingerprint density at radius 3 is 2.24 bits per heavy atom. The standard InChI is InChI=1S/C10H11Cl2N3O5S/c11-6-2-1-5(3-7(6)12)4-15-21(18,19)20-8(9(13)16)10(14)17/h1-3,8,15H,4H2,(H2,13,16)(H2,14,17). The maximum absolute atomic E-state index is 11.6. The summed E-state index contributed by atoms with van der Waals surface area (Å²) in [6.45, 7) is -0.205. The van der Waals surface area contributed by atoms with Crippen molar-refractivity contribution in [2.75, 3.05) is 0 Å². The van der Waals surface area contributed by atoms with E-state index in [-0.39, 0.29) is 11.6 Å². The first-order valence-corrected chi connectivity index (χ1v) is 7.49. The van der Waals surface area contributed by atoms with Crippen LogP contribution in [-0.2, 0) is 30.6 Å². The van der Waals surface area contributed by atoms with Gasteiger partial charge >= 0.3 is 10.3 Å². The highest BCUT2D eigenvalue weighted by Crippen LogP contribution is 2.22. The number of carbonyl (C=O) groups is 2. The van der Waals surface area contributed by atoms with E-state index in [1.165, 1.54) is 18.2 Å². The zero-order valence-electron chi connectivity index (χ0n) is 10.4. The Bertz CT molecular complexity index is 651. The summed E-state index contributed by atoms with van der Waals surface area (Å²) >= 11 is 11.5. The van der Waals surface area contributed by atoms with Crippen molar-refractivity contribution in [3.63, 3.8) is 0 Å². The molecule has 1 aromatic carbocycles. The minimum Gasteiger partial charge on any atom is -0.367 e. The van der Waals surface area contributed by atoms with E-state index in [4.69, 9.17) is 34.7 Å². The zero-order chi connectivity index (χ0) is 16.2. The quantitative estimate of drug-likeness (QED) is 0.574. The van der Waals surface area contributed by atoms with Gasteiger partial charge in [0.1, 0.15) is 0 Å². The molecule has 0 aliphatic carbocycles. The Balaban J connectivity index is 2.74. The van der Waals surface area contributed by atoms with Gasteiger partial charge in [0.2, 0.25) is 6.10 Å². The van der Waals surface area contributed by atoms with E-state index in [2.05, 4.69) is 4.18 Å². The second-order valence-electron chi connectivity index (χ2n) is 3.80. The number of hydrogen-bond acceptors (Lipinski definition) is 5. The predicted molar refractivity (Wildman–Crippen MR) is 75.5 cm³/mol. The fourth-order valence-electron chi connectivity index (χ4n) is 1.22. The van der Waals surface area contributed by atoms with Crippen LogP contribution in [0.2, 0.25) is 10.0 Å². The largest absolute Gasteiger partial charge is 0.367 e. The Morgan fingerprint density at radius 1 is 1.19 bits per heavy atom. The average Bonchev–Trinajstić information content (AvgIpc) is 2.37. The molecule has 21 heavy (non-hydrogen) atoms. The first kappa shape index (κ1) is 17.7. The van der Waals surface area contributed by atoms with Gasteiger partial charge in [-0.2, -0.15) is 13.1 Å². The second kappa shape index (κ2) is 7.05. The summed E-state index contributed by atoms with van der Waals surface area (Å²) in [7, 11) is -4.42. The fraction of sp³-hybridized carbons (Fsp3) is 0.200. The molecule has 8 nitrogen and oxygen atoms in total. The third-order valence-corrected chi connectivity index (χ3v) is 3.86. The van der Waals surface area contributed by atoms with E-state index >= 15 is 0 Å². The molecule has 0 saturated carbocycles. The Morgan fingerprint density at radius 2 is 1.76 bits per heavy atom. The lowest BCUT2D eigenvalue weighted by atomic mass is 10.2. The summed E-state index contributed by atoms with van der Waals surface area (Å²) < 4.78 is 29.4. The van der Waals surface area contributed by atoms with Crippen LogP contribution in [0.4, 0.5) is 0 Å². The van der Waals surface area contributed by atoms with Crippen LogP contribution in [0.15, 0.2) is 18.2 Å². The first-order valence-electron chi connectivity index (χ1n) is 5.33. The van der Waals surface area contributed by atoms with Crippen LogP contribution >= 0.6 is 23.2 Å². The monoisotopic (exact) mass is 355 g/mol. The highest BCUT2D eigenvalue weighted by Gasteiger charge is 2.29. The van der Waals surface area contributed by atoms with E-state index in [1.54, 1.807) is 0 Å². The molecule has 0 atom stereocenters. The molecule has 0 unspecified atom stereocenters. The van der Waals surface area contributed by atoms with Crippen molar-refractivity contribution >= 4 is 45.3 Å². The summed E-state index contributed by atoms with van der Waals surface area (Å²) in [6, 6.07) is 4.44. The van der Waals surface area contributed by atoms with Crippen molar-refractivity contribution in [1.29, 1.82) is 0 Å². The third kappa shape index (κ3) is 5.48. The fourth-order valence-corrected chi connectivity index (χ4v) is 2.39. The third-order valence-electron chi connectivity index (χ3n) is 2.18. The van der Waals surface area contributed by atoms with Crippen LogP contribution in [0, 0.1) is 0 Å². The van der Waals surface area contributed by atoms with E-state index in [9.17, 15) is 18.0 Å². The van der Waals surface area contributed by atoms with Crippen molar-refractivity contribution in [3.8, 4) is 0 Å². The van der Waals surface area contributed by atoms with Gasteiger partial charge in [0.05, 0.1) is 10.0 Å². The lowest BCUT2D eigenvalue weighted by molar-refractivity contribution is -0.135. The first-order chi connectivity index (χ1) is 9.62. The van der Waals surface area contributed by atoms with Crippen molar-refractivity contribution in [1.82, 2.24) is 4.72 Å². The Kier molecular flexibility index (Phi) is 5.93. The lowest BCUT2D eigenvalue weighted by Gasteiger charge is -2.12. The number of primary amides is 2. The van der Waals surface area contributed by atoms with Crippen LogP contribution in [0.25, 0.3) is 0 Å². The molecule has 2 amide bonds. The van der Waals surface area contributed by atoms with E-state index in [0.29, 0.717) is 10.6 Å². The van der Waals surface area contributed by atoms with Crippen molar-refractivity contribution in [2.45, 2.75) is 12.6 Å². The van der Waals surface area contributed by atoms with Gasteiger partial charge in [-0.05, 0) is 17.7 Å². The molecule has 11 heteroatoms. The molecule has 0 aliphatic heterocycles. The summed E-state index contributed by atoms with van der Waals surface area (Å²) in [5, 5.41) is 0.545. The molecule has 1 aromatic rings. The summed E-state index contributed by atoms with van der Waals surface area (Å²) in [5.41, 5.74) is 10.1. The zero-order valence-corrected chi connectivity index (χ0v) is 12.7. The molecular formula is C10H11Cl2N3O5S. The van der Waals surface area contributed by atoms with Gasteiger partial charge < -0.3 is 11.5 Å². The number of benzene rings is 1. The molecule has 0 bridgehead atoms. The van der Waals surface area contributed by atoms with Crippen molar-refractivity contribution in [3.05, 3.63) is 33.8 Å². The molecule has 1 rings (SSSR count). The highest BCUT2D eigenvalue weighted by atomic mass is 35.5. The number of nitrogens with one attached hydrogen (secondary N) is 1. The molecule has 0 heterocycles. The van der Waals surface area contributed by atoms with Crippen LogP contribution in [-0.4, -0.2) is 26.3 Å². The lowest BCUT2D eigenvalue weighted by Crippen LogP contribution is -2.45. The SMILES string of the molecule is NC(=O)C(OS(=O)(=O)NCc1ccc(Cl)c(Cl)c1)C(N)=O. The number of carbonyl (C=O) groups excluding carboxylic acids is 2. The van der Waals surface area contributed by atoms with Crippen LogP contribution in [0.3, 0.4) is 0 Å². The van der Waals surface area contributed by atoms with E-state index < -0.39 is 28.2 Å². The predicted octanol–water partition coefficient (Wildman–Crippen LogP) is -0.316. The number of hydrogen-bond donors (Lipinski definition) is 3. The molecule has 0 spiro atoms. The Labute approximate surface area is 130 Å². The number of halogens is 2. The van der Waals surface area contributed by atoms with Crippen LogP contribution in [0.1, 0.15) is 5.56 Å². The normalized spacial score (nSPS) is 11.6. The number of rotatable bonds is 7. The second-order valence-corrected chi connectivity index (χ2v) is 6.01. The van der Waals surface area contributed by atoms with Crippen LogP contribution < -0.4 is 16.2 Å². The minimum atomic E-state index is -4.42. The molecule has 0 fully saturated rings. The topological polar surface area (TPSA) is 142 Å². The maximum Gasteiger partial charge on any atom is 0.337 e. The summed E-state index contributed by atoms with van der Waals surface area (Å²) in [4.78, 5) is 21.7. The molecule has 0 radical (unpaired) electrons. The van der Waals surface area contributed by atoms with Crippen LogP contribution in [0.5, 0.6) is 0 Å². The molecule has 5 N–H and O–H groups in total. The molecule has 0 aromatic heterocycles. The van der Waals surface area contributed by atoms with E-state index in [1.807, 2.05) is 4.72 Å². The summed E-state index contributed by atoms with van der Waals surface area (Å²) in [5.74, 6) is -2.63.